The molecule has 0 aromatic heterocycles. The van der Waals surface area contributed by atoms with Gasteiger partial charge in [0, 0.05) is 25.6 Å². The van der Waals surface area contributed by atoms with Gasteiger partial charge in [0.2, 0.25) is 0 Å². The predicted octanol–water partition coefficient (Wildman–Crippen LogP) is 5.55. The van der Waals surface area contributed by atoms with Crippen LogP contribution in [-0.2, 0) is 24.3 Å². The lowest BCUT2D eigenvalue weighted by molar-refractivity contribution is -0.148. The molecule has 4 aromatic rings. The Kier molecular flexibility index (Phi) is 8.32. The van der Waals surface area contributed by atoms with Crippen LogP contribution in [0.1, 0.15) is 16.7 Å². The normalized spacial score (nSPS) is 12.7. The number of halogens is 1. The topological polar surface area (TPSA) is 75.8 Å². The van der Waals surface area contributed by atoms with E-state index in [1.54, 1.807) is 0 Å². The number of hydrogen-bond donors (Lipinski definition) is 2. The van der Waals surface area contributed by atoms with Gasteiger partial charge in [0.1, 0.15) is 23.7 Å². The Balaban J connectivity index is 1.73. The van der Waals surface area contributed by atoms with E-state index in [4.69, 9.17) is 10.5 Å². The van der Waals surface area contributed by atoms with Crippen LogP contribution >= 0.6 is 0 Å². The number of hydrogen-bond acceptors (Lipinski definition) is 4. The summed E-state index contributed by atoms with van der Waals surface area (Å²) >= 11 is 0. The fraction of sp³-hybridized carbons (Fsp3) is 0.167. The van der Waals surface area contributed by atoms with Crippen LogP contribution in [0.3, 0.4) is 0 Å². The zero-order chi connectivity index (χ0) is 25.3. The highest BCUT2D eigenvalue weighted by Gasteiger charge is 2.36. The number of nitrogens with two attached hydrogens (primary N) is 1. The van der Waals surface area contributed by atoms with Gasteiger partial charge < -0.3 is 15.6 Å². The van der Waals surface area contributed by atoms with Crippen molar-refractivity contribution in [3.8, 4) is 5.75 Å². The molecule has 0 fully saturated rings. The van der Waals surface area contributed by atoms with Crippen molar-refractivity contribution in [2.24, 2.45) is 0 Å². The van der Waals surface area contributed by atoms with E-state index < -0.39 is 23.9 Å². The molecule has 6 heteroatoms. The predicted molar refractivity (Wildman–Crippen MR) is 139 cm³/mol. The Hall–Kier alpha value is -4.16. The van der Waals surface area contributed by atoms with Crippen molar-refractivity contribution in [2.75, 3.05) is 5.73 Å². The number of carbonyl (C=O) groups is 1. The number of rotatable bonds is 11. The van der Waals surface area contributed by atoms with Gasteiger partial charge in [-0.2, -0.15) is 0 Å². The molecule has 0 spiro atoms. The molecule has 3 N–H and O–H groups in total. The maximum Gasteiger partial charge on any atom is 0.324 e. The van der Waals surface area contributed by atoms with Gasteiger partial charge in [-0.3, -0.25) is 9.69 Å². The summed E-state index contributed by atoms with van der Waals surface area (Å²) in [7, 11) is 0. The number of nitrogen functional groups attached to an aromatic ring is 1. The van der Waals surface area contributed by atoms with Gasteiger partial charge in [0.15, 0.2) is 0 Å². The zero-order valence-electron chi connectivity index (χ0n) is 19.8. The van der Waals surface area contributed by atoms with Gasteiger partial charge in [0.05, 0.1) is 5.69 Å². The number of benzene rings is 4. The number of anilines is 1. The summed E-state index contributed by atoms with van der Waals surface area (Å²) < 4.78 is 20.0. The molecular formula is C30H29FN2O3. The lowest BCUT2D eigenvalue weighted by atomic mass is 9.99. The molecule has 0 aliphatic rings. The Bertz CT molecular complexity index is 1210. The molecule has 0 radical (unpaired) electrons. The lowest BCUT2D eigenvalue weighted by Crippen LogP contribution is -2.51. The minimum Gasteiger partial charge on any atom is -0.486 e. The molecule has 5 nitrogen and oxygen atoms in total. The van der Waals surface area contributed by atoms with Gasteiger partial charge in [0.25, 0.3) is 0 Å². The van der Waals surface area contributed by atoms with Crippen molar-refractivity contribution in [1.29, 1.82) is 0 Å². The third kappa shape index (κ3) is 6.71. The molecule has 4 aromatic carbocycles. The second-order valence-corrected chi connectivity index (χ2v) is 8.69. The number of carboxylic acids is 1. The second-order valence-electron chi connectivity index (χ2n) is 8.69. The molecule has 0 bridgehead atoms. The molecule has 0 saturated carbocycles. The van der Waals surface area contributed by atoms with E-state index >= 15 is 0 Å². The van der Waals surface area contributed by atoms with Crippen molar-refractivity contribution < 1.29 is 19.0 Å². The van der Waals surface area contributed by atoms with Gasteiger partial charge in [-0.25, -0.2) is 4.39 Å². The molecule has 2 unspecified atom stereocenters. The van der Waals surface area contributed by atoms with Crippen molar-refractivity contribution in [1.82, 2.24) is 4.90 Å². The third-order valence-electron chi connectivity index (χ3n) is 5.99. The van der Waals surface area contributed by atoms with Gasteiger partial charge in [-0.1, -0.05) is 91.0 Å². The summed E-state index contributed by atoms with van der Waals surface area (Å²) in [5, 5.41) is 10.5. The molecule has 0 heterocycles. The number of ether oxygens (including phenoxy) is 1. The summed E-state index contributed by atoms with van der Waals surface area (Å²) in [5.41, 5.74) is 9.05. The molecule has 184 valence electrons. The summed E-state index contributed by atoms with van der Waals surface area (Å²) in [6.45, 7) is 0.806. The quantitative estimate of drug-likeness (QED) is 0.273. The number of aliphatic carboxylic acids is 1. The molecule has 2 atom stereocenters. The average molecular weight is 485 g/mol. The number of nitrogens with zero attached hydrogens (tertiary/aromatic N) is 1. The summed E-state index contributed by atoms with van der Waals surface area (Å²) in [4.78, 5) is 14.8. The first kappa shape index (κ1) is 24.9. The highest BCUT2D eigenvalue weighted by atomic mass is 19.1. The van der Waals surface area contributed by atoms with Crippen LogP contribution in [0.4, 0.5) is 10.1 Å². The lowest BCUT2D eigenvalue weighted by Gasteiger charge is -2.35. The first-order chi connectivity index (χ1) is 17.5. The Labute approximate surface area is 210 Å². The van der Waals surface area contributed by atoms with Crippen molar-refractivity contribution in [2.45, 2.75) is 31.7 Å². The molecule has 4 rings (SSSR count). The SMILES string of the molecule is Nc1cc(F)ccc1OC(Cc1ccccc1)C(C(=O)O)N(Cc1ccccc1)Cc1ccccc1. The van der Waals surface area contributed by atoms with Crippen LogP contribution in [0.5, 0.6) is 5.75 Å². The smallest absolute Gasteiger partial charge is 0.324 e. The summed E-state index contributed by atoms with van der Waals surface area (Å²) in [6, 6.07) is 31.9. The van der Waals surface area contributed by atoms with Crippen LogP contribution in [-0.4, -0.2) is 28.1 Å². The van der Waals surface area contributed by atoms with E-state index in [9.17, 15) is 14.3 Å². The van der Waals surface area contributed by atoms with E-state index in [0.717, 1.165) is 16.7 Å². The molecule has 36 heavy (non-hydrogen) atoms. The summed E-state index contributed by atoms with van der Waals surface area (Å²) in [6.07, 6.45) is -0.473. The van der Waals surface area contributed by atoms with Crippen LogP contribution in [0.25, 0.3) is 0 Å². The van der Waals surface area contributed by atoms with Crippen LogP contribution in [0, 0.1) is 5.82 Å². The first-order valence-electron chi connectivity index (χ1n) is 11.8. The van der Waals surface area contributed by atoms with E-state index in [1.165, 1.54) is 18.2 Å². The number of carboxylic acid groups (broad SMARTS) is 1. The fourth-order valence-electron chi connectivity index (χ4n) is 4.29. The van der Waals surface area contributed by atoms with Crippen LogP contribution in [0.2, 0.25) is 0 Å². The monoisotopic (exact) mass is 484 g/mol. The van der Waals surface area contributed by atoms with E-state index in [0.29, 0.717) is 19.5 Å². The van der Waals surface area contributed by atoms with Crippen molar-refractivity contribution in [3.05, 3.63) is 132 Å². The largest absolute Gasteiger partial charge is 0.486 e. The highest BCUT2D eigenvalue weighted by Crippen LogP contribution is 2.27. The maximum atomic E-state index is 13.7. The van der Waals surface area contributed by atoms with Gasteiger partial charge in [-0.15, -0.1) is 0 Å². The highest BCUT2D eigenvalue weighted by molar-refractivity contribution is 5.74. The molecular weight excluding hydrogens is 455 g/mol. The molecule has 0 aliphatic carbocycles. The van der Waals surface area contributed by atoms with Crippen LogP contribution < -0.4 is 10.5 Å². The minimum absolute atomic E-state index is 0.120. The maximum absolute atomic E-state index is 13.7. The van der Waals surface area contributed by atoms with E-state index in [2.05, 4.69) is 0 Å². The summed E-state index contributed by atoms with van der Waals surface area (Å²) in [5.74, 6) is -1.24. The fourth-order valence-corrected chi connectivity index (χ4v) is 4.29. The van der Waals surface area contributed by atoms with Gasteiger partial charge >= 0.3 is 5.97 Å². The third-order valence-corrected chi connectivity index (χ3v) is 5.99. The van der Waals surface area contributed by atoms with E-state index in [1.807, 2.05) is 95.9 Å². The Morgan fingerprint density at radius 3 is 1.78 bits per heavy atom. The van der Waals surface area contributed by atoms with Crippen LogP contribution in [0.15, 0.2) is 109 Å². The molecule has 0 amide bonds. The average Bonchev–Trinajstić information content (AvgIpc) is 2.87. The first-order valence-corrected chi connectivity index (χ1v) is 11.8. The van der Waals surface area contributed by atoms with Crippen molar-refractivity contribution >= 4 is 11.7 Å². The van der Waals surface area contributed by atoms with Gasteiger partial charge in [-0.05, 0) is 28.8 Å². The Morgan fingerprint density at radius 2 is 1.31 bits per heavy atom. The zero-order valence-corrected chi connectivity index (χ0v) is 19.8. The molecule has 0 saturated heterocycles. The van der Waals surface area contributed by atoms with E-state index in [-0.39, 0.29) is 11.4 Å². The standard InChI is InChI=1S/C30H29FN2O3/c31-25-16-17-27(26(32)19-25)36-28(18-22-10-4-1-5-11-22)29(30(34)35)33(20-23-12-6-2-7-13-23)21-24-14-8-3-9-15-24/h1-17,19,28-29H,18,20-21,32H2,(H,34,35). The Morgan fingerprint density at radius 1 is 0.806 bits per heavy atom. The molecule has 0 aliphatic heterocycles. The van der Waals surface area contributed by atoms with Crippen molar-refractivity contribution in [3.63, 3.8) is 0 Å². The minimum atomic E-state index is -1.02. The second kappa shape index (κ2) is 12.0.